The first-order valence-electron chi connectivity index (χ1n) is 14.3. The molecule has 2 saturated carbocycles. The van der Waals surface area contributed by atoms with E-state index in [2.05, 4.69) is 61.8 Å². The molecule has 5 rings (SSSR count). The van der Waals surface area contributed by atoms with Crippen LogP contribution in [0.2, 0.25) is 0 Å². The number of hydrogen-bond acceptors (Lipinski definition) is 4. The summed E-state index contributed by atoms with van der Waals surface area (Å²) in [5.74, 6) is 4.29. The first-order chi connectivity index (χ1) is 18.3. The van der Waals surface area contributed by atoms with Crippen molar-refractivity contribution in [3.05, 3.63) is 52.6 Å². The Morgan fingerprint density at radius 1 is 0.974 bits per heavy atom. The number of rotatable bonds is 4. The monoisotopic (exact) mass is 549 g/mol. The highest BCUT2D eigenvalue weighted by atomic mass is 31.2. The van der Waals surface area contributed by atoms with E-state index in [4.69, 9.17) is 0 Å². The van der Waals surface area contributed by atoms with Gasteiger partial charge < -0.3 is 10.0 Å². The molecular weight excluding hydrogens is 505 g/mol. The summed E-state index contributed by atoms with van der Waals surface area (Å²) in [6, 6.07) is 8.84. The van der Waals surface area contributed by atoms with Crippen molar-refractivity contribution in [1.29, 1.82) is 0 Å². The van der Waals surface area contributed by atoms with Gasteiger partial charge in [-0.3, -0.25) is 9.36 Å². The van der Waals surface area contributed by atoms with Crippen LogP contribution in [0.5, 0.6) is 0 Å². The molecule has 5 atom stereocenters. The number of aliphatic hydroxyl groups is 1. The fraction of sp³-hybridized carbons (Fsp3) is 0.594. The lowest BCUT2D eigenvalue weighted by atomic mass is 9.51. The maximum atomic E-state index is 13.7. The lowest BCUT2D eigenvalue weighted by Gasteiger charge is -2.53. The molecule has 0 aliphatic heterocycles. The molecule has 39 heavy (non-hydrogen) atoms. The highest BCUT2D eigenvalue weighted by Crippen LogP contribution is 2.67. The van der Waals surface area contributed by atoms with Gasteiger partial charge in [0.2, 0.25) is 0 Å². The van der Waals surface area contributed by atoms with E-state index in [0.29, 0.717) is 24.7 Å². The number of fused-ring (bicyclic) bond motifs is 4. The summed E-state index contributed by atoms with van der Waals surface area (Å²) in [4.78, 5) is 14.4. The largest absolute Gasteiger partial charge is 0.378 e. The van der Waals surface area contributed by atoms with Crippen molar-refractivity contribution in [2.24, 2.45) is 17.3 Å². The number of hydrogen-bond donors (Lipinski definition) is 1. The van der Waals surface area contributed by atoms with Crippen molar-refractivity contribution in [2.75, 3.05) is 47.2 Å². The molecule has 0 spiro atoms. The second-order valence-corrected chi connectivity index (χ2v) is 15.8. The lowest BCUT2D eigenvalue weighted by molar-refractivity contribution is -0.114. The van der Waals surface area contributed by atoms with Gasteiger partial charge in [-0.1, -0.05) is 30.6 Å². The number of nitrogens with zero attached hydrogens (tertiary/aromatic N) is 3. The van der Waals surface area contributed by atoms with E-state index in [1.54, 1.807) is 37.5 Å². The summed E-state index contributed by atoms with van der Waals surface area (Å²) >= 11 is 0. The van der Waals surface area contributed by atoms with Crippen LogP contribution >= 0.6 is 7.44 Å². The normalized spacial score (nSPS) is 32.3. The molecule has 1 unspecified atom stereocenters. The predicted octanol–water partition coefficient (Wildman–Crippen LogP) is 5.66. The summed E-state index contributed by atoms with van der Waals surface area (Å²) in [5, 5.41) is 12.3. The van der Waals surface area contributed by atoms with E-state index in [0.717, 1.165) is 37.8 Å². The summed E-state index contributed by atoms with van der Waals surface area (Å²) in [6.07, 6.45) is 7.52. The molecule has 1 aromatic carbocycles. The van der Waals surface area contributed by atoms with Crippen molar-refractivity contribution >= 4 is 18.9 Å². The molecule has 1 aromatic rings. The van der Waals surface area contributed by atoms with Crippen LogP contribution in [-0.2, 0) is 9.36 Å². The van der Waals surface area contributed by atoms with E-state index in [9.17, 15) is 14.5 Å². The number of benzene rings is 1. The predicted molar refractivity (Wildman–Crippen MR) is 159 cm³/mol. The minimum absolute atomic E-state index is 0.153. The molecule has 4 aliphatic carbocycles. The molecule has 2 fully saturated rings. The van der Waals surface area contributed by atoms with Gasteiger partial charge in [0.15, 0.2) is 5.78 Å². The fourth-order valence-corrected chi connectivity index (χ4v) is 9.34. The van der Waals surface area contributed by atoms with E-state index >= 15 is 0 Å². The highest BCUT2D eigenvalue weighted by Gasteiger charge is 2.62. The number of carbonyl (C=O) groups excluding carboxylic acids is 1. The van der Waals surface area contributed by atoms with Crippen LogP contribution in [-0.4, -0.2) is 68.1 Å². The summed E-state index contributed by atoms with van der Waals surface area (Å²) < 4.78 is 17.0. The Hall–Kier alpha value is -2.16. The van der Waals surface area contributed by atoms with Gasteiger partial charge in [-0.2, -0.15) is 0 Å². The highest BCUT2D eigenvalue weighted by molar-refractivity contribution is 7.64. The van der Waals surface area contributed by atoms with Crippen LogP contribution < -0.4 is 4.90 Å². The smallest absolute Gasteiger partial charge is 0.286 e. The van der Waals surface area contributed by atoms with Gasteiger partial charge in [-0.15, -0.1) is 0 Å². The van der Waals surface area contributed by atoms with Crippen LogP contribution in [0, 0.1) is 28.8 Å². The molecule has 0 radical (unpaired) electrons. The van der Waals surface area contributed by atoms with Crippen molar-refractivity contribution in [1.82, 2.24) is 9.34 Å². The Balaban J connectivity index is 1.63. The second-order valence-electron chi connectivity index (χ2n) is 12.9. The van der Waals surface area contributed by atoms with Gasteiger partial charge in [-0.25, -0.2) is 9.34 Å². The van der Waals surface area contributed by atoms with Gasteiger partial charge in [0.05, 0.1) is 0 Å². The van der Waals surface area contributed by atoms with E-state index in [1.165, 1.54) is 22.3 Å². The van der Waals surface area contributed by atoms with Gasteiger partial charge in [0.25, 0.3) is 7.44 Å². The third kappa shape index (κ3) is 4.56. The third-order valence-electron chi connectivity index (χ3n) is 10.2. The molecule has 0 aromatic heterocycles. The zero-order valence-corrected chi connectivity index (χ0v) is 25.5. The van der Waals surface area contributed by atoms with Crippen molar-refractivity contribution in [3.63, 3.8) is 0 Å². The molecule has 7 heteroatoms. The number of carbonyl (C=O) groups is 1. The van der Waals surface area contributed by atoms with Gasteiger partial charge in [0, 0.05) is 37.5 Å². The van der Waals surface area contributed by atoms with Crippen LogP contribution in [0.15, 0.2) is 47.1 Å². The quantitative estimate of drug-likeness (QED) is 0.386. The maximum Gasteiger partial charge on any atom is 0.286 e. The van der Waals surface area contributed by atoms with E-state index < -0.39 is 18.5 Å². The Kier molecular flexibility index (Phi) is 7.30. The molecule has 0 heterocycles. The first-order valence-corrected chi connectivity index (χ1v) is 15.9. The Morgan fingerprint density at radius 3 is 2.26 bits per heavy atom. The maximum absolute atomic E-state index is 13.7. The molecule has 0 amide bonds. The summed E-state index contributed by atoms with van der Waals surface area (Å²) in [5.41, 5.74) is 8.00. The molecule has 4 aliphatic rings. The van der Waals surface area contributed by atoms with Crippen LogP contribution in [0.25, 0.3) is 0 Å². The molecule has 1 N–H and O–H groups in total. The van der Waals surface area contributed by atoms with Gasteiger partial charge >= 0.3 is 0 Å². The molecular formula is C32H44N3O3P. The third-order valence-corrected chi connectivity index (χ3v) is 12.8. The average Bonchev–Trinajstić information content (AvgIpc) is 3.16. The van der Waals surface area contributed by atoms with Crippen molar-refractivity contribution < 1.29 is 14.5 Å². The molecule has 0 saturated heterocycles. The van der Waals surface area contributed by atoms with E-state index in [1.807, 2.05) is 6.08 Å². The molecule has 210 valence electrons. The fourth-order valence-electron chi connectivity index (χ4n) is 7.90. The zero-order valence-electron chi connectivity index (χ0n) is 24.6. The van der Waals surface area contributed by atoms with Crippen molar-refractivity contribution in [2.45, 2.75) is 63.4 Å². The Morgan fingerprint density at radius 2 is 1.64 bits per heavy atom. The number of anilines is 1. The minimum Gasteiger partial charge on any atom is -0.378 e. The summed E-state index contributed by atoms with van der Waals surface area (Å²) in [7, 11) is 8.16. The number of ketones is 1. The topological polar surface area (TPSA) is 64.1 Å². The average molecular weight is 550 g/mol. The standard InChI is InChI=1S/C32H44N3O3P/c1-31-21-28(22-8-11-24(12-9-22)33(2)3)30-26-15-13-25(36)20-23(26)10-14-27(30)29(31)16-17-32(31,37)18-19-39(38,34(4)5)35(6)7/h8-9,11-12,20,27-29,37H,10,13-17,21H2,1-7H3/t27?,28-,29+,31+,32-/m1/s1. The lowest BCUT2D eigenvalue weighted by Crippen LogP contribution is -2.51. The SMILES string of the molecule is CN(C)c1ccc([C@H]2C[C@@]3(C)[C@@H](CC[C@@]3(O)C#CP(=O)(N(C)C)N(C)C)C3CCC4=CC(=O)CCC4=C32)cc1. The second kappa shape index (κ2) is 10.0. The molecule has 0 bridgehead atoms. The number of allylic oxidation sites excluding steroid dienone is 4. The van der Waals surface area contributed by atoms with Gasteiger partial charge in [-0.05, 0) is 119 Å². The Labute approximate surface area is 234 Å². The van der Waals surface area contributed by atoms with E-state index in [-0.39, 0.29) is 11.7 Å². The van der Waals surface area contributed by atoms with Crippen LogP contribution in [0.3, 0.4) is 0 Å². The minimum atomic E-state index is -3.09. The summed E-state index contributed by atoms with van der Waals surface area (Å²) in [6.45, 7) is 2.23. The Bertz CT molecular complexity index is 1320. The van der Waals surface area contributed by atoms with Crippen LogP contribution in [0.1, 0.15) is 63.4 Å². The van der Waals surface area contributed by atoms with Crippen molar-refractivity contribution in [3.8, 4) is 11.6 Å². The first kappa shape index (κ1) is 28.4. The zero-order chi connectivity index (χ0) is 28.3. The van der Waals surface area contributed by atoms with Gasteiger partial charge in [0.1, 0.15) is 5.60 Å². The van der Waals surface area contributed by atoms with Crippen LogP contribution in [0.4, 0.5) is 5.69 Å². The molecule has 6 nitrogen and oxygen atoms in total.